The third kappa shape index (κ3) is 31.4. The summed E-state index contributed by atoms with van der Waals surface area (Å²) >= 11 is 23.4. The molecular weight excluding hydrogens is 482 g/mol. The van der Waals surface area contributed by atoms with E-state index in [4.69, 9.17) is 44.8 Å². The van der Waals surface area contributed by atoms with E-state index < -0.39 is 6.00 Å². The molecule has 0 fully saturated rings. The molecule has 0 radical (unpaired) electrons. The maximum Gasteiger partial charge on any atom is 0.341 e. The van der Waals surface area contributed by atoms with Crippen LogP contribution in [0.1, 0.15) is 154 Å². The van der Waals surface area contributed by atoms with E-state index in [1.807, 2.05) is 0 Å². The summed E-state index contributed by atoms with van der Waals surface area (Å²) in [4.78, 5) is 0. The first kappa shape index (κ1) is 32.4. The molecule has 0 N–H and O–H groups in total. The number of hydrogen-bond donors (Lipinski definition) is 0. The normalized spacial score (nSPS) is 12.0. The number of halogens is 4. The van der Waals surface area contributed by atoms with E-state index in [0.717, 1.165) is 18.3 Å². The van der Waals surface area contributed by atoms with Crippen molar-refractivity contribution in [3.8, 4) is 0 Å². The molecule has 5 heteroatoms. The smallest absolute Gasteiger partial charge is 0.127 e. The van der Waals surface area contributed by atoms with Crippen molar-refractivity contribution in [1.29, 1.82) is 0 Å². The van der Waals surface area contributed by atoms with Crippen molar-refractivity contribution in [2.24, 2.45) is 0 Å². The minimum atomic E-state index is -2.36. The van der Waals surface area contributed by atoms with Crippen LogP contribution >= 0.6 is 44.8 Å². The summed E-state index contributed by atoms with van der Waals surface area (Å²) in [6.07, 6.45) is 33.4. The molecule has 0 aliphatic carbocycles. The molecule has 0 rings (SSSR count). The first-order chi connectivity index (χ1) is 15.1. The van der Waals surface area contributed by atoms with Crippen LogP contribution in [0.5, 0.6) is 0 Å². The lowest BCUT2D eigenvalue weighted by molar-refractivity contribution is 0.518. The van der Waals surface area contributed by atoms with E-state index in [9.17, 15) is 0 Å². The van der Waals surface area contributed by atoms with Crippen LogP contribution in [0.2, 0.25) is 6.04 Å². The second-order valence-corrected chi connectivity index (χ2v) is 19.2. The fraction of sp³-hybridized carbons (Fsp3) is 1.00. The van der Waals surface area contributed by atoms with Crippen LogP contribution < -0.4 is 0 Å². The van der Waals surface area contributed by atoms with Crippen LogP contribution in [0, 0.1) is 0 Å². The molecule has 0 spiro atoms. The molecule has 0 saturated carbocycles. The number of alkyl halides is 1. The monoisotopic (exact) mass is 532 g/mol. The molecule has 0 amide bonds. The average Bonchev–Trinajstić information content (AvgIpc) is 2.73. The van der Waals surface area contributed by atoms with Crippen LogP contribution in [-0.2, 0) is 0 Å². The van der Waals surface area contributed by atoms with Crippen LogP contribution in [0.4, 0.5) is 0 Å². The quantitative estimate of drug-likeness (QED) is 0.0448. The highest BCUT2D eigenvalue weighted by atomic mass is 35.8. The van der Waals surface area contributed by atoms with Crippen molar-refractivity contribution in [3.05, 3.63) is 0 Å². The van der Waals surface area contributed by atoms with E-state index >= 15 is 0 Å². The van der Waals surface area contributed by atoms with Crippen molar-refractivity contribution in [2.45, 2.75) is 160 Å². The minimum Gasteiger partial charge on any atom is -0.127 e. The molecule has 0 aliphatic rings. The molecule has 0 unspecified atom stereocenters. The fourth-order valence-corrected chi connectivity index (χ4v) is 6.35. The molecule has 0 aromatic carbocycles. The van der Waals surface area contributed by atoms with Gasteiger partial charge in [-0.25, -0.2) is 0 Å². The van der Waals surface area contributed by atoms with Gasteiger partial charge in [0.05, 0.1) is 0 Å². The van der Waals surface area contributed by atoms with Crippen LogP contribution in [-0.4, -0.2) is 11.9 Å². The summed E-state index contributed by atoms with van der Waals surface area (Å²) in [6, 6.07) is -1.54. The SMILES string of the molecule is ClCCCCCCCCCCCCCCCCCCCCCCCCCC[Si](Cl)(Cl)Cl. The maximum absolute atomic E-state index is 5.90. The van der Waals surface area contributed by atoms with Crippen LogP contribution in [0.25, 0.3) is 0 Å². The van der Waals surface area contributed by atoms with Gasteiger partial charge in [0, 0.05) is 5.88 Å². The molecule has 0 bridgehead atoms. The van der Waals surface area contributed by atoms with Crippen molar-refractivity contribution >= 4 is 50.8 Å². The zero-order chi connectivity index (χ0) is 22.9. The summed E-state index contributed by atoms with van der Waals surface area (Å²) in [6.45, 7) is 0. The lowest BCUT2D eigenvalue weighted by Gasteiger charge is -2.07. The molecule has 0 saturated heterocycles. The lowest BCUT2D eigenvalue weighted by atomic mass is 10.0. The van der Waals surface area contributed by atoms with Gasteiger partial charge in [0.1, 0.15) is 0 Å². The summed E-state index contributed by atoms with van der Waals surface area (Å²) in [5.41, 5.74) is 0. The molecule has 0 aromatic rings. The summed E-state index contributed by atoms with van der Waals surface area (Å²) in [7, 11) is 0. The highest BCUT2D eigenvalue weighted by Crippen LogP contribution is 2.27. The van der Waals surface area contributed by atoms with Crippen molar-refractivity contribution in [1.82, 2.24) is 0 Å². The minimum absolute atomic E-state index is 0.827. The van der Waals surface area contributed by atoms with Crippen molar-refractivity contribution in [3.63, 3.8) is 0 Å². The predicted molar refractivity (Wildman–Crippen MR) is 150 cm³/mol. The Balaban J connectivity index is 3.02. The fourth-order valence-electron chi connectivity index (χ4n) is 4.31. The number of rotatable bonds is 26. The summed E-state index contributed by atoms with van der Waals surface area (Å²) in [5.74, 6) is 0.838. The third-order valence-corrected chi connectivity index (χ3v) is 9.23. The van der Waals surface area contributed by atoms with E-state index in [0.29, 0.717) is 0 Å². The van der Waals surface area contributed by atoms with Gasteiger partial charge in [-0.2, -0.15) is 0 Å². The van der Waals surface area contributed by atoms with Gasteiger partial charge in [0.15, 0.2) is 0 Å². The zero-order valence-corrected chi connectivity index (χ0v) is 24.4. The highest BCUT2D eigenvalue weighted by Gasteiger charge is 2.23. The van der Waals surface area contributed by atoms with Gasteiger partial charge in [-0.05, 0) is 12.5 Å². The Bertz CT molecular complexity index is 334. The Morgan fingerprint density at radius 1 is 0.290 bits per heavy atom. The van der Waals surface area contributed by atoms with Gasteiger partial charge < -0.3 is 0 Å². The second-order valence-electron chi connectivity index (χ2n) is 9.54. The molecular formula is C26H52Cl4Si. The molecule has 0 heterocycles. The summed E-state index contributed by atoms with van der Waals surface area (Å²) < 4.78 is 0. The Morgan fingerprint density at radius 3 is 0.677 bits per heavy atom. The maximum atomic E-state index is 5.90. The Kier molecular flexibility index (Phi) is 27.1. The Morgan fingerprint density at radius 2 is 0.484 bits per heavy atom. The van der Waals surface area contributed by atoms with Crippen molar-refractivity contribution < 1.29 is 0 Å². The van der Waals surface area contributed by atoms with Gasteiger partial charge in [-0.1, -0.05) is 148 Å². The largest absolute Gasteiger partial charge is 0.341 e. The van der Waals surface area contributed by atoms with Gasteiger partial charge in [-0.3, -0.25) is 0 Å². The zero-order valence-electron chi connectivity index (χ0n) is 20.4. The molecule has 0 aliphatic heterocycles. The predicted octanol–water partition coefficient (Wildman–Crippen LogP) is 12.2. The third-order valence-electron chi connectivity index (χ3n) is 6.34. The Hall–Kier alpha value is 1.38. The topological polar surface area (TPSA) is 0 Å². The highest BCUT2D eigenvalue weighted by molar-refractivity contribution is 7.64. The molecule has 188 valence electrons. The second kappa shape index (κ2) is 26.0. The van der Waals surface area contributed by atoms with Gasteiger partial charge in [0.2, 0.25) is 0 Å². The first-order valence-corrected chi connectivity index (χ1v) is 19.5. The average molecular weight is 535 g/mol. The van der Waals surface area contributed by atoms with E-state index in [1.54, 1.807) is 0 Å². The number of unbranched alkanes of at least 4 members (excludes halogenated alkanes) is 23. The standard InChI is InChI=1S/C26H52Cl4Si/c27-25-23-21-19-17-15-13-11-9-7-5-3-1-2-4-6-8-10-12-14-16-18-20-22-24-26-31(28,29)30/h1-26H2. The molecule has 31 heavy (non-hydrogen) atoms. The van der Waals surface area contributed by atoms with Crippen molar-refractivity contribution in [2.75, 3.05) is 5.88 Å². The van der Waals surface area contributed by atoms with Crippen LogP contribution in [0.3, 0.4) is 0 Å². The van der Waals surface area contributed by atoms with E-state index in [-0.39, 0.29) is 0 Å². The van der Waals surface area contributed by atoms with E-state index in [1.165, 1.54) is 148 Å². The molecule has 0 nitrogen and oxygen atoms in total. The van der Waals surface area contributed by atoms with Crippen LogP contribution in [0.15, 0.2) is 0 Å². The lowest BCUT2D eigenvalue weighted by Crippen LogP contribution is -2.07. The molecule has 0 aromatic heterocycles. The summed E-state index contributed by atoms with van der Waals surface area (Å²) in [5, 5.41) is 0. The van der Waals surface area contributed by atoms with Gasteiger partial charge in [-0.15, -0.1) is 44.8 Å². The first-order valence-electron chi connectivity index (χ1n) is 13.7. The van der Waals surface area contributed by atoms with Gasteiger partial charge >= 0.3 is 6.00 Å². The molecule has 0 atom stereocenters. The van der Waals surface area contributed by atoms with Gasteiger partial charge in [0.25, 0.3) is 0 Å². The van der Waals surface area contributed by atoms with E-state index in [2.05, 4.69) is 0 Å². The Labute approximate surface area is 216 Å². The number of hydrogen-bond acceptors (Lipinski definition) is 0.